The van der Waals surface area contributed by atoms with Crippen LogP contribution in [-0.4, -0.2) is 65.5 Å². The lowest BCUT2D eigenvalue weighted by Gasteiger charge is -2.31. The molecule has 1 aromatic heterocycles. The summed E-state index contributed by atoms with van der Waals surface area (Å²) in [7, 11) is 3.47. The van der Waals surface area contributed by atoms with Crippen LogP contribution in [0.1, 0.15) is 51.5 Å². The Bertz CT molecular complexity index is 1360. The number of likely N-dealkylation sites (N-methyl/N-ethyl adjacent to an activating group) is 2. The number of amides is 3. The average Bonchev–Trinajstić information content (AvgIpc) is 3.41. The molecule has 0 radical (unpaired) electrons. The molecule has 2 aromatic carbocycles. The predicted molar refractivity (Wildman–Crippen MR) is 167 cm³/mol. The van der Waals surface area contributed by atoms with Crippen LogP contribution < -0.4 is 5.32 Å². The smallest absolute Gasteiger partial charge is 0.408 e. The number of hydrogen-bond donors (Lipinski definition) is 1. The number of ether oxygens (including phenoxy) is 1. The summed E-state index contributed by atoms with van der Waals surface area (Å²) in [6.45, 7) is 9.72. The molecule has 7 nitrogen and oxygen atoms in total. The summed E-state index contributed by atoms with van der Waals surface area (Å²) in [5.41, 5.74) is -0.238. The van der Waals surface area contributed by atoms with Crippen LogP contribution in [0.25, 0.3) is 10.8 Å². The number of carbonyl (C=O) groups excluding carboxylic acids is 3. The van der Waals surface area contributed by atoms with E-state index in [0.717, 1.165) is 22.8 Å². The van der Waals surface area contributed by atoms with Gasteiger partial charge >= 0.3 is 6.09 Å². The van der Waals surface area contributed by atoms with Crippen LogP contribution in [0.4, 0.5) is 4.79 Å². The van der Waals surface area contributed by atoms with Crippen LogP contribution in [0.15, 0.2) is 72.1 Å². The standard InChI is InChI=1S/C33H43N3O4S/c1-32(2,3)40-31(39)34-33(4,5)19-10-15-29(37)36(7)28(30(38)35(6)20-18-27-14-11-21-41-27)23-24-16-17-25-12-8-9-13-26(25)22-24/h8-17,21-22,28H,18-20,23H2,1-7H3,(H,34,39)/t28-/m1/s1. The lowest BCUT2D eigenvalue weighted by Crippen LogP contribution is -2.49. The molecule has 3 rings (SSSR count). The van der Waals surface area contributed by atoms with Gasteiger partial charge in [-0.3, -0.25) is 9.59 Å². The SMILES string of the molecule is CN(CCc1cccs1)C(=O)[C@@H](Cc1ccc2ccccc2c1)N(C)C(=O)C=CCC(C)(C)NC(=O)OC(C)(C)C. The Hall–Kier alpha value is -3.65. The molecule has 1 atom stereocenters. The first-order valence-electron chi connectivity index (χ1n) is 13.9. The number of thiophene rings is 1. The van der Waals surface area contributed by atoms with Crippen molar-refractivity contribution in [2.45, 2.75) is 71.1 Å². The number of carbonyl (C=O) groups is 3. The van der Waals surface area contributed by atoms with Crippen LogP contribution >= 0.6 is 11.3 Å². The van der Waals surface area contributed by atoms with Crippen molar-refractivity contribution in [1.29, 1.82) is 0 Å². The van der Waals surface area contributed by atoms with Crippen molar-refractivity contribution in [2.24, 2.45) is 0 Å². The fourth-order valence-corrected chi connectivity index (χ4v) is 5.13. The van der Waals surface area contributed by atoms with E-state index < -0.39 is 23.3 Å². The second-order valence-electron chi connectivity index (χ2n) is 12.1. The molecule has 0 saturated heterocycles. The number of benzene rings is 2. The van der Waals surface area contributed by atoms with Crippen molar-refractivity contribution >= 4 is 40.0 Å². The van der Waals surface area contributed by atoms with Crippen molar-refractivity contribution in [1.82, 2.24) is 15.1 Å². The van der Waals surface area contributed by atoms with E-state index in [9.17, 15) is 14.4 Å². The molecule has 0 aliphatic heterocycles. The summed E-state index contributed by atoms with van der Waals surface area (Å²) < 4.78 is 5.36. The lowest BCUT2D eigenvalue weighted by molar-refractivity contribution is -0.141. The van der Waals surface area contributed by atoms with Gasteiger partial charge in [0.25, 0.3) is 0 Å². The van der Waals surface area contributed by atoms with Gasteiger partial charge in [-0.1, -0.05) is 54.6 Å². The lowest BCUT2D eigenvalue weighted by atomic mass is 9.99. The van der Waals surface area contributed by atoms with Gasteiger partial charge in [0.05, 0.1) is 0 Å². The zero-order valence-electron chi connectivity index (χ0n) is 25.3. The molecule has 220 valence electrons. The summed E-state index contributed by atoms with van der Waals surface area (Å²) in [6.07, 6.45) is 4.27. The zero-order valence-corrected chi connectivity index (χ0v) is 26.1. The van der Waals surface area contributed by atoms with E-state index in [1.54, 1.807) is 36.4 Å². The van der Waals surface area contributed by atoms with Crippen molar-refractivity contribution in [3.8, 4) is 0 Å². The van der Waals surface area contributed by atoms with Gasteiger partial charge in [0, 0.05) is 37.5 Å². The third kappa shape index (κ3) is 10.0. The quantitative estimate of drug-likeness (QED) is 0.275. The molecule has 3 aromatic rings. The van der Waals surface area contributed by atoms with E-state index in [-0.39, 0.29) is 11.8 Å². The monoisotopic (exact) mass is 577 g/mol. The molecule has 0 spiro atoms. The Morgan fingerprint density at radius 2 is 1.68 bits per heavy atom. The van der Waals surface area contributed by atoms with E-state index in [2.05, 4.69) is 23.5 Å². The Labute approximate surface area is 248 Å². The second-order valence-corrected chi connectivity index (χ2v) is 13.1. The minimum absolute atomic E-state index is 0.106. The van der Waals surface area contributed by atoms with Gasteiger partial charge in [-0.25, -0.2) is 4.79 Å². The van der Waals surface area contributed by atoms with Crippen molar-refractivity contribution in [3.63, 3.8) is 0 Å². The highest BCUT2D eigenvalue weighted by Crippen LogP contribution is 2.20. The van der Waals surface area contributed by atoms with E-state index in [4.69, 9.17) is 4.74 Å². The Morgan fingerprint density at radius 3 is 2.34 bits per heavy atom. The van der Waals surface area contributed by atoms with Gasteiger partial charge in [-0.15, -0.1) is 11.3 Å². The van der Waals surface area contributed by atoms with Gasteiger partial charge in [0.15, 0.2) is 0 Å². The minimum Gasteiger partial charge on any atom is -0.444 e. The van der Waals surface area contributed by atoms with Crippen molar-refractivity contribution in [3.05, 3.63) is 82.6 Å². The van der Waals surface area contributed by atoms with Crippen molar-refractivity contribution < 1.29 is 19.1 Å². The Kier molecular flexibility index (Phi) is 10.7. The summed E-state index contributed by atoms with van der Waals surface area (Å²) >= 11 is 1.67. The zero-order chi connectivity index (χ0) is 30.2. The predicted octanol–water partition coefficient (Wildman–Crippen LogP) is 6.22. The normalized spacial score (nSPS) is 12.8. The van der Waals surface area contributed by atoms with E-state index in [0.29, 0.717) is 19.4 Å². The molecule has 0 fully saturated rings. The van der Waals surface area contributed by atoms with Crippen LogP contribution in [0.2, 0.25) is 0 Å². The molecule has 1 N–H and O–H groups in total. The van der Waals surface area contributed by atoms with Crippen LogP contribution in [0.5, 0.6) is 0 Å². The van der Waals surface area contributed by atoms with Gasteiger partial charge in [0.2, 0.25) is 11.8 Å². The molecular weight excluding hydrogens is 534 g/mol. The molecule has 1 heterocycles. The highest BCUT2D eigenvalue weighted by Gasteiger charge is 2.29. The van der Waals surface area contributed by atoms with E-state index in [1.807, 2.05) is 76.4 Å². The number of nitrogens with zero attached hydrogens (tertiary/aromatic N) is 2. The van der Waals surface area contributed by atoms with Gasteiger partial charge in [0.1, 0.15) is 11.6 Å². The largest absolute Gasteiger partial charge is 0.444 e. The summed E-state index contributed by atoms with van der Waals surface area (Å²) in [5, 5.41) is 7.10. The molecule has 8 heteroatoms. The maximum Gasteiger partial charge on any atom is 0.408 e. The number of rotatable bonds is 11. The summed E-state index contributed by atoms with van der Waals surface area (Å²) in [6, 6.07) is 17.7. The third-order valence-corrected chi connectivity index (χ3v) is 7.66. The minimum atomic E-state index is -0.672. The van der Waals surface area contributed by atoms with E-state index in [1.165, 1.54) is 15.9 Å². The highest BCUT2D eigenvalue weighted by atomic mass is 32.1. The third-order valence-electron chi connectivity index (χ3n) is 6.72. The number of alkyl carbamates (subject to hydrolysis) is 1. The first kappa shape index (κ1) is 31.9. The van der Waals surface area contributed by atoms with Gasteiger partial charge in [-0.2, -0.15) is 0 Å². The molecule has 0 saturated carbocycles. The van der Waals surface area contributed by atoms with Gasteiger partial charge in [-0.05, 0) is 81.3 Å². The highest BCUT2D eigenvalue weighted by molar-refractivity contribution is 7.09. The van der Waals surface area contributed by atoms with Gasteiger partial charge < -0.3 is 19.9 Å². The molecular formula is C33H43N3O4S. The fourth-order valence-electron chi connectivity index (χ4n) is 4.43. The number of nitrogens with one attached hydrogen (secondary N) is 1. The average molecular weight is 578 g/mol. The topological polar surface area (TPSA) is 79.0 Å². The molecule has 0 bridgehead atoms. The summed E-state index contributed by atoms with van der Waals surface area (Å²) in [5.74, 6) is -0.380. The van der Waals surface area contributed by atoms with Crippen LogP contribution in [-0.2, 0) is 27.2 Å². The van der Waals surface area contributed by atoms with Crippen molar-refractivity contribution in [2.75, 3.05) is 20.6 Å². The van der Waals surface area contributed by atoms with E-state index >= 15 is 0 Å². The maximum atomic E-state index is 13.7. The molecule has 0 unspecified atom stereocenters. The first-order valence-corrected chi connectivity index (χ1v) is 14.8. The molecule has 0 aliphatic rings. The van der Waals surface area contributed by atoms with Crippen LogP contribution in [0, 0.1) is 0 Å². The Balaban J connectivity index is 1.73. The Morgan fingerprint density at radius 1 is 0.976 bits per heavy atom. The fraction of sp³-hybridized carbons (Fsp3) is 0.424. The molecule has 3 amide bonds. The number of hydrogen-bond acceptors (Lipinski definition) is 5. The summed E-state index contributed by atoms with van der Waals surface area (Å²) in [4.78, 5) is 43.7. The molecule has 0 aliphatic carbocycles. The van der Waals surface area contributed by atoms with Crippen LogP contribution in [0.3, 0.4) is 0 Å². The number of fused-ring (bicyclic) bond motifs is 1. The first-order chi connectivity index (χ1) is 19.2. The maximum absolute atomic E-state index is 13.7. The second kappa shape index (κ2) is 13.8. The molecule has 41 heavy (non-hydrogen) atoms.